The lowest BCUT2D eigenvalue weighted by molar-refractivity contribution is 0.00925. The molecule has 1 aromatic rings. The molecule has 2 nitrogen and oxygen atoms in total. The molecule has 1 fully saturated rings. The van der Waals surface area contributed by atoms with E-state index in [4.69, 9.17) is 4.74 Å². The summed E-state index contributed by atoms with van der Waals surface area (Å²) in [5.74, 6) is 0. The van der Waals surface area contributed by atoms with E-state index in [0.717, 1.165) is 30.3 Å². The Morgan fingerprint density at radius 2 is 2.29 bits per heavy atom. The molecule has 0 amide bonds. The van der Waals surface area contributed by atoms with E-state index in [1.54, 1.807) is 0 Å². The van der Waals surface area contributed by atoms with Gasteiger partial charge in [0.1, 0.15) is 0 Å². The topological polar surface area (TPSA) is 21.3 Å². The summed E-state index contributed by atoms with van der Waals surface area (Å²) in [6.45, 7) is 5.19. The third-order valence-corrected chi connectivity index (χ3v) is 4.00. The number of hydrogen-bond donors (Lipinski definition) is 1. The Kier molecular flexibility index (Phi) is 4.46. The first kappa shape index (κ1) is 12.9. The van der Waals surface area contributed by atoms with Crippen LogP contribution in [0.5, 0.6) is 0 Å². The molecule has 94 valence electrons. The van der Waals surface area contributed by atoms with Gasteiger partial charge in [0.05, 0.1) is 6.10 Å². The lowest BCUT2D eigenvalue weighted by Gasteiger charge is -2.30. The minimum absolute atomic E-state index is 0.421. The Labute approximate surface area is 112 Å². The Balaban J connectivity index is 2.02. The van der Waals surface area contributed by atoms with Crippen LogP contribution in [0.4, 0.5) is 5.69 Å². The Hall–Kier alpha value is -0.540. The van der Waals surface area contributed by atoms with Gasteiger partial charge in [-0.25, -0.2) is 0 Å². The van der Waals surface area contributed by atoms with Crippen molar-refractivity contribution >= 4 is 21.6 Å². The van der Waals surface area contributed by atoms with E-state index < -0.39 is 0 Å². The van der Waals surface area contributed by atoms with Crippen molar-refractivity contribution in [2.24, 2.45) is 0 Å². The van der Waals surface area contributed by atoms with Gasteiger partial charge in [0.25, 0.3) is 0 Å². The number of aryl methyl sites for hydroxylation is 1. The maximum atomic E-state index is 5.70. The van der Waals surface area contributed by atoms with Gasteiger partial charge in [0.2, 0.25) is 0 Å². The normalized spacial score (nSPS) is 24.6. The fourth-order valence-corrected chi connectivity index (χ4v) is 2.63. The summed E-state index contributed by atoms with van der Waals surface area (Å²) < 4.78 is 6.84. The number of rotatable bonds is 3. The summed E-state index contributed by atoms with van der Waals surface area (Å²) in [6, 6.07) is 6.95. The molecule has 1 aliphatic heterocycles. The monoisotopic (exact) mass is 297 g/mol. The molecule has 0 aliphatic carbocycles. The van der Waals surface area contributed by atoms with E-state index in [1.165, 1.54) is 11.3 Å². The molecule has 0 aromatic heterocycles. The zero-order valence-electron chi connectivity index (χ0n) is 10.5. The van der Waals surface area contributed by atoms with Gasteiger partial charge in [-0.15, -0.1) is 0 Å². The standard InChI is InChI=1S/C14H20BrNO/c1-3-12-9-11(6-7-17-12)16-14-8-10(2)4-5-13(14)15/h4-5,8,11-12,16H,3,6-7,9H2,1-2H3. The van der Waals surface area contributed by atoms with E-state index in [2.05, 4.69) is 53.3 Å². The van der Waals surface area contributed by atoms with Crippen LogP contribution in [0.25, 0.3) is 0 Å². The van der Waals surface area contributed by atoms with Crippen molar-refractivity contribution in [3.05, 3.63) is 28.2 Å². The van der Waals surface area contributed by atoms with Crippen LogP contribution in [0.1, 0.15) is 31.7 Å². The van der Waals surface area contributed by atoms with Gasteiger partial charge in [0.15, 0.2) is 0 Å². The first-order chi connectivity index (χ1) is 8.19. The highest BCUT2D eigenvalue weighted by molar-refractivity contribution is 9.10. The molecule has 0 spiro atoms. The second-order valence-corrected chi connectivity index (χ2v) is 5.60. The molecule has 0 bridgehead atoms. The van der Waals surface area contributed by atoms with Gasteiger partial charge in [-0.05, 0) is 59.8 Å². The molecular weight excluding hydrogens is 278 g/mol. The van der Waals surface area contributed by atoms with Gasteiger partial charge in [0, 0.05) is 22.8 Å². The number of benzene rings is 1. The molecular formula is C14H20BrNO. The number of ether oxygens (including phenoxy) is 1. The highest BCUT2D eigenvalue weighted by atomic mass is 79.9. The van der Waals surface area contributed by atoms with Crippen LogP contribution in [-0.4, -0.2) is 18.8 Å². The van der Waals surface area contributed by atoms with Gasteiger partial charge in [-0.3, -0.25) is 0 Å². The summed E-state index contributed by atoms with van der Waals surface area (Å²) in [7, 11) is 0. The summed E-state index contributed by atoms with van der Waals surface area (Å²) in [6.07, 6.45) is 3.73. The predicted octanol–water partition coefficient (Wildman–Crippen LogP) is 4.13. The predicted molar refractivity (Wildman–Crippen MR) is 75.6 cm³/mol. The summed E-state index contributed by atoms with van der Waals surface area (Å²) in [4.78, 5) is 0. The molecule has 3 heteroatoms. The lowest BCUT2D eigenvalue weighted by Crippen LogP contribution is -2.33. The third kappa shape index (κ3) is 3.46. The fraction of sp³-hybridized carbons (Fsp3) is 0.571. The minimum Gasteiger partial charge on any atom is -0.381 e. The summed E-state index contributed by atoms with van der Waals surface area (Å²) in [5.41, 5.74) is 2.49. The average Bonchev–Trinajstić information content (AvgIpc) is 2.34. The van der Waals surface area contributed by atoms with Gasteiger partial charge < -0.3 is 10.1 Å². The van der Waals surface area contributed by atoms with Crippen molar-refractivity contribution in [2.75, 3.05) is 11.9 Å². The van der Waals surface area contributed by atoms with Crippen LogP contribution >= 0.6 is 15.9 Å². The Bertz CT molecular complexity index is 380. The zero-order valence-corrected chi connectivity index (χ0v) is 12.1. The third-order valence-electron chi connectivity index (χ3n) is 3.30. The fourth-order valence-electron chi connectivity index (χ4n) is 2.27. The molecule has 2 atom stereocenters. The van der Waals surface area contributed by atoms with Crippen LogP contribution < -0.4 is 5.32 Å². The van der Waals surface area contributed by atoms with Crippen LogP contribution in [0.15, 0.2) is 22.7 Å². The molecule has 1 aromatic carbocycles. The molecule has 0 saturated carbocycles. The van der Waals surface area contributed by atoms with E-state index in [1.807, 2.05) is 0 Å². The first-order valence-corrected chi connectivity index (χ1v) is 7.12. The summed E-state index contributed by atoms with van der Waals surface area (Å²) >= 11 is 3.60. The second kappa shape index (κ2) is 5.87. The van der Waals surface area contributed by atoms with E-state index >= 15 is 0 Å². The van der Waals surface area contributed by atoms with E-state index in [9.17, 15) is 0 Å². The number of halogens is 1. The maximum absolute atomic E-state index is 5.70. The van der Waals surface area contributed by atoms with Crippen LogP contribution in [0.2, 0.25) is 0 Å². The zero-order chi connectivity index (χ0) is 12.3. The van der Waals surface area contributed by atoms with Crippen LogP contribution in [0, 0.1) is 6.92 Å². The number of anilines is 1. The maximum Gasteiger partial charge on any atom is 0.0592 e. The Morgan fingerprint density at radius 1 is 1.47 bits per heavy atom. The molecule has 1 heterocycles. The molecule has 2 unspecified atom stereocenters. The lowest BCUT2D eigenvalue weighted by atomic mass is 10.0. The van der Waals surface area contributed by atoms with Crippen LogP contribution in [-0.2, 0) is 4.74 Å². The van der Waals surface area contributed by atoms with Crippen LogP contribution in [0.3, 0.4) is 0 Å². The van der Waals surface area contributed by atoms with E-state index in [0.29, 0.717) is 12.1 Å². The highest BCUT2D eigenvalue weighted by Gasteiger charge is 2.21. The largest absolute Gasteiger partial charge is 0.381 e. The Morgan fingerprint density at radius 3 is 3.06 bits per heavy atom. The van der Waals surface area contributed by atoms with Crippen molar-refractivity contribution in [3.63, 3.8) is 0 Å². The molecule has 1 N–H and O–H groups in total. The van der Waals surface area contributed by atoms with E-state index in [-0.39, 0.29) is 0 Å². The molecule has 2 rings (SSSR count). The quantitative estimate of drug-likeness (QED) is 0.906. The van der Waals surface area contributed by atoms with Crippen molar-refractivity contribution in [2.45, 2.75) is 45.3 Å². The smallest absolute Gasteiger partial charge is 0.0592 e. The van der Waals surface area contributed by atoms with Crippen molar-refractivity contribution in [1.29, 1.82) is 0 Å². The average molecular weight is 298 g/mol. The second-order valence-electron chi connectivity index (χ2n) is 4.75. The van der Waals surface area contributed by atoms with Crippen molar-refractivity contribution < 1.29 is 4.74 Å². The number of hydrogen-bond acceptors (Lipinski definition) is 2. The minimum atomic E-state index is 0.421. The molecule has 0 radical (unpaired) electrons. The molecule has 1 aliphatic rings. The SMILES string of the molecule is CCC1CC(Nc2cc(C)ccc2Br)CCO1. The number of nitrogens with one attached hydrogen (secondary N) is 1. The molecule has 17 heavy (non-hydrogen) atoms. The molecule has 1 saturated heterocycles. The first-order valence-electron chi connectivity index (χ1n) is 6.33. The van der Waals surface area contributed by atoms with Gasteiger partial charge in [-0.1, -0.05) is 13.0 Å². The summed E-state index contributed by atoms with van der Waals surface area (Å²) in [5, 5.41) is 3.63. The van der Waals surface area contributed by atoms with Crippen molar-refractivity contribution in [3.8, 4) is 0 Å². The van der Waals surface area contributed by atoms with Gasteiger partial charge in [-0.2, -0.15) is 0 Å². The highest BCUT2D eigenvalue weighted by Crippen LogP contribution is 2.27. The van der Waals surface area contributed by atoms with Gasteiger partial charge >= 0.3 is 0 Å². The van der Waals surface area contributed by atoms with Crippen molar-refractivity contribution in [1.82, 2.24) is 0 Å².